The van der Waals surface area contributed by atoms with Gasteiger partial charge >= 0.3 is 0 Å². The predicted octanol–water partition coefficient (Wildman–Crippen LogP) is 5.55. The molecule has 2 heterocycles. The minimum absolute atomic E-state index is 0.0612. The van der Waals surface area contributed by atoms with Crippen LogP contribution in [-0.4, -0.2) is 51.0 Å². The van der Waals surface area contributed by atoms with Crippen molar-refractivity contribution in [3.63, 3.8) is 0 Å². The zero-order valence-electron chi connectivity index (χ0n) is 24.8. The van der Waals surface area contributed by atoms with Crippen molar-refractivity contribution >= 4 is 7.82 Å². The molecule has 0 saturated carbocycles. The quantitative estimate of drug-likeness (QED) is 0.267. The van der Waals surface area contributed by atoms with E-state index in [0.29, 0.717) is 0 Å². The molecule has 5 unspecified atom stereocenters. The van der Waals surface area contributed by atoms with E-state index < -0.39 is 44.8 Å². The normalized spacial score (nSPS) is 33.2. The van der Waals surface area contributed by atoms with Gasteiger partial charge in [0.1, 0.15) is 24.4 Å². The van der Waals surface area contributed by atoms with Gasteiger partial charge in [-0.25, -0.2) is 0 Å². The van der Waals surface area contributed by atoms with E-state index in [1.807, 2.05) is 91.0 Å². The number of hydrogen-bond donors (Lipinski definition) is 0. The van der Waals surface area contributed by atoms with Gasteiger partial charge in [-0.2, -0.15) is 0 Å². The second-order valence-electron chi connectivity index (χ2n) is 11.6. The number of hydrogen-bond acceptors (Lipinski definition) is 9. The Morgan fingerprint density at radius 1 is 0.867 bits per heavy atom. The number of phosphoric ester groups is 1. The Bertz CT molecular complexity index is 1540. The topological polar surface area (TPSA) is 105 Å². The third-order valence-electron chi connectivity index (χ3n) is 8.93. The van der Waals surface area contributed by atoms with Gasteiger partial charge in [0.15, 0.2) is 12.6 Å². The highest BCUT2D eigenvalue weighted by Crippen LogP contribution is 2.52. The van der Waals surface area contributed by atoms with Crippen LogP contribution in [0.15, 0.2) is 109 Å². The molecule has 10 atom stereocenters. The predicted molar refractivity (Wildman–Crippen MR) is 163 cm³/mol. The van der Waals surface area contributed by atoms with Gasteiger partial charge < -0.3 is 37.6 Å². The Morgan fingerprint density at radius 3 is 2.36 bits per heavy atom. The van der Waals surface area contributed by atoms with Crippen molar-refractivity contribution in [2.75, 3.05) is 20.3 Å². The number of rotatable bonds is 10. The summed E-state index contributed by atoms with van der Waals surface area (Å²) in [5.74, 6) is 0.108. The standard InChI is InChI=1S/C35H37O9P/c1-38-35-33(39-20-23-12-4-2-5-13-23)32(31-30(42-35)22-40-34(43-31)24-14-6-3-7-15-24)44-45(36,37)41-21-29-27-18-10-8-16-25(27)26-17-9-11-19-28(26)29/h2-19,25,27,29-35H,20-22H2,1H3,(H,36,37)/p-1/t25?,27?,29?,30-,31+,32+,33-,34?,35-/m1/s1. The van der Waals surface area contributed by atoms with Crippen LogP contribution in [-0.2, 0) is 43.9 Å². The molecular weight excluding hydrogens is 595 g/mol. The molecule has 0 radical (unpaired) electrons. The smallest absolute Gasteiger partial charge is 0.268 e. The van der Waals surface area contributed by atoms with Crippen LogP contribution < -0.4 is 4.89 Å². The van der Waals surface area contributed by atoms with Crippen LogP contribution in [0, 0.1) is 5.92 Å². The fourth-order valence-corrected chi connectivity index (χ4v) is 7.75. The van der Waals surface area contributed by atoms with E-state index in [4.69, 9.17) is 32.7 Å². The molecule has 2 saturated heterocycles. The molecule has 9 nitrogen and oxygen atoms in total. The first-order chi connectivity index (χ1) is 22.0. The Hall–Kier alpha value is -2.95. The fraction of sp³-hybridized carbons (Fsp3) is 0.371. The zero-order chi connectivity index (χ0) is 30.8. The summed E-state index contributed by atoms with van der Waals surface area (Å²) in [6, 6.07) is 27.1. The molecule has 7 rings (SSSR count). The molecular formula is C35H36O9P-. The van der Waals surface area contributed by atoms with Gasteiger partial charge in [0.05, 0.1) is 19.8 Å². The lowest BCUT2D eigenvalue weighted by molar-refractivity contribution is -0.366. The monoisotopic (exact) mass is 631 g/mol. The summed E-state index contributed by atoms with van der Waals surface area (Å²) < 4.78 is 55.8. The summed E-state index contributed by atoms with van der Waals surface area (Å²) in [4.78, 5) is 13.7. The summed E-state index contributed by atoms with van der Waals surface area (Å²) >= 11 is 0. The van der Waals surface area contributed by atoms with Gasteiger partial charge in [-0.05, 0) is 22.6 Å². The van der Waals surface area contributed by atoms with Crippen LogP contribution in [0.2, 0.25) is 0 Å². The Morgan fingerprint density at radius 2 is 1.58 bits per heavy atom. The van der Waals surface area contributed by atoms with Crippen LogP contribution in [0.5, 0.6) is 0 Å². The van der Waals surface area contributed by atoms with Gasteiger partial charge in [0, 0.05) is 24.5 Å². The third-order valence-corrected chi connectivity index (χ3v) is 9.90. The zero-order valence-corrected chi connectivity index (χ0v) is 25.7. The Labute approximate surface area is 262 Å². The summed E-state index contributed by atoms with van der Waals surface area (Å²) in [6.07, 6.45) is 2.99. The van der Waals surface area contributed by atoms with Crippen LogP contribution in [0.3, 0.4) is 0 Å². The fourth-order valence-electron chi connectivity index (χ4n) is 6.81. The molecule has 2 aliphatic heterocycles. The minimum atomic E-state index is -4.90. The van der Waals surface area contributed by atoms with Gasteiger partial charge in [-0.1, -0.05) is 109 Å². The molecule has 0 bridgehead atoms. The number of benzene rings is 3. The van der Waals surface area contributed by atoms with Crippen molar-refractivity contribution in [2.45, 2.75) is 55.4 Å². The van der Waals surface area contributed by atoms with E-state index in [1.165, 1.54) is 12.7 Å². The second-order valence-corrected chi connectivity index (χ2v) is 13.0. The summed E-state index contributed by atoms with van der Waals surface area (Å²) in [5.41, 5.74) is 3.95. The highest BCUT2D eigenvalue weighted by atomic mass is 31.2. The van der Waals surface area contributed by atoms with Crippen molar-refractivity contribution in [1.29, 1.82) is 0 Å². The SMILES string of the molecule is CO[C@@H]1O[C@@H]2COC(c3ccccc3)O[C@@H]2[C@H](OP(=O)([O-])OCC2c3ccccc3C3C=CC=CC32)[C@H]1OCc1ccccc1. The molecule has 4 aliphatic rings. The van der Waals surface area contributed by atoms with Crippen molar-refractivity contribution in [3.05, 3.63) is 131 Å². The number of phosphoric acid groups is 1. The lowest BCUT2D eigenvalue weighted by atomic mass is 9.84. The van der Waals surface area contributed by atoms with Crippen molar-refractivity contribution in [1.82, 2.24) is 0 Å². The number of allylic oxidation sites excluding steroid dienone is 4. The molecule has 2 fully saturated rings. The average molecular weight is 632 g/mol. The molecule has 3 aromatic carbocycles. The molecule has 10 heteroatoms. The first-order valence-corrected chi connectivity index (χ1v) is 16.7. The minimum Gasteiger partial charge on any atom is -0.756 e. The first kappa shape index (κ1) is 30.7. The van der Waals surface area contributed by atoms with E-state index in [2.05, 4.69) is 18.2 Å². The molecule has 3 aromatic rings. The Balaban J connectivity index is 1.14. The van der Waals surface area contributed by atoms with Gasteiger partial charge in [0.2, 0.25) is 0 Å². The molecule has 0 amide bonds. The van der Waals surface area contributed by atoms with Gasteiger partial charge in [-0.15, -0.1) is 0 Å². The van der Waals surface area contributed by atoms with Crippen LogP contribution in [0.1, 0.15) is 40.4 Å². The van der Waals surface area contributed by atoms with E-state index in [0.717, 1.165) is 16.7 Å². The number of ether oxygens (including phenoxy) is 5. The Kier molecular flexibility index (Phi) is 9.15. The molecule has 45 heavy (non-hydrogen) atoms. The maximum Gasteiger partial charge on any atom is 0.268 e. The number of fused-ring (bicyclic) bond motifs is 4. The average Bonchev–Trinajstić information content (AvgIpc) is 3.41. The first-order valence-electron chi connectivity index (χ1n) is 15.2. The van der Waals surface area contributed by atoms with Crippen molar-refractivity contribution < 1.29 is 42.2 Å². The van der Waals surface area contributed by atoms with Crippen molar-refractivity contribution in [2.24, 2.45) is 5.92 Å². The maximum absolute atomic E-state index is 13.7. The van der Waals surface area contributed by atoms with Gasteiger partial charge in [0.25, 0.3) is 7.82 Å². The molecule has 0 N–H and O–H groups in total. The maximum atomic E-state index is 13.7. The van der Waals surface area contributed by atoms with Crippen LogP contribution >= 0.6 is 7.82 Å². The van der Waals surface area contributed by atoms with E-state index in [1.54, 1.807) is 0 Å². The van der Waals surface area contributed by atoms with Crippen molar-refractivity contribution in [3.8, 4) is 0 Å². The molecule has 2 aliphatic carbocycles. The highest BCUT2D eigenvalue weighted by Gasteiger charge is 2.53. The summed E-state index contributed by atoms with van der Waals surface area (Å²) in [6.45, 7) is 0.256. The van der Waals surface area contributed by atoms with Crippen LogP contribution in [0.25, 0.3) is 0 Å². The lowest BCUT2D eigenvalue weighted by Crippen LogP contribution is -2.63. The lowest BCUT2D eigenvalue weighted by Gasteiger charge is -2.49. The van der Waals surface area contributed by atoms with Gasteiger partial charge in [-0.3, -0.25) is 4.57 Å². The van der Waals surface area contributed by atoms with E-state index in [9.17, 15) is 9.46 Å². The molecule has 236 valence electrons. The molecule has 0 spiro atoms. The number of methoxy groups -OCH3 is 1. The van der Waals surface area contributed by atoms with E-state index in [-0.39, 0.29) is 37.6 Å². The second kappa shape index (κ2) is 13.4. The molecule has 0 aromatic heterocycles. The van der Waals surface area contributed by atoms with E-state index >= 15 is 0 Å². The largest absolute Gasteiger partial charge is 0.756 e. The highest BCUT2D eigenvalue weighted by molar-refractivity contribution is 7.45. The summed E-state index contributed by atoms with van der Waals surface area (Å²) in [5, 5.41) is 0. The van der Waals surface area contributed by atoms with Crippen LogP contribution in [0.4, 0.5) is 0 Å². The third kappa shape index (κ3) is 6.51. The summed E-state index contributed by atoms with van der Waals surface area (Å²) in [7, 11) is -3.42.